The number of carbonyl (C=O) groups is 2. The maximum Gasteiger partial charge on any atom is 0.338 e. The fraction of sp³-hybridized carbons (Fsp3) is 0.333. The standard InChI is InChI=1S/C21H24O4/c1-4-19(16-9-6-5-7-10-16)25-21(23)18-12-8-11-17(13-18)20(22)24-14-15(2)3/h5-13,15,19H,4,14H2,1-3H3. The lowest BCUT2D eigenvalue weighted by atomic mass is 10.1. The highest BCUT2D eigenvalue weighted by atomic mass is 16.5. The lowest BCUT2D eigenvalue weighted by molar-refractivity contribution is 0.0288. The van der Waals surface area contributed by atoms with Gasteiger partial charge in [0.05, 0.1) is 17.7 Å². The van der Waals surface area contributed by atoms with Gasteiger partial charge >= 0.3 is 11.9 Å². The average molecular weight is 340 g/mol. The fourth-order valence-corrected chi connectivity index (χ4v) is 2.35. The molecule has 2 rings (SSSR count). The summed E-state index contributed by atoms with van der Waals surface area (Å²) < 4.78 is 10.8. The van der Waals surface area contributed by atoms with Gasteiger partial charge in [-0.3, -0.25) is 0 Å². The van der Waals surface area contributed by atoms with Crippen LogP contribution in [-0.2, 0) is 9.47 Å². The molecule has 0 bridgehead atoms. The molecule has 0 saturated heterocycles. The lowest BCUT2D eigenvalue weighted by Gasteiger charge is -2.16. The van der Waals surface area contributed by atoms with Crippen molar-refractivity contribution in [1.82, 2.24) is 0 Å². The summed E-state index contributed by atoms with van der Waals surface area (Å²) in [5.41, 5.74) is 1.64. The topological polar surface area (TPSA) is 52.6 Å². The highest BCUT2D eigenvalue weighted by Crippen LogP contribution is 2.22. The van der Waals surface area contributed by atoms with Gasteiger partial charge in [0, 0.05) is 0 Å². The summed E-state index contributed by atoms with van der Waals surface area (Å²) in [5.74, 6) is -0.624. The predicted molar refractivity (Wildman–Crippen MR) is 96.5 cm³/mol. The molecule has 2 aromatic rings. The molecule has 4 heteroatoms. The van der Waals surface area contributed by atoms with Gasteiger partial charge in [-0.25, -0.2) is 9.59 Å². The minimum Gasteiger partial charge on any atom is -0.462 e. The summed E-state index contributed by atoms with van der Waals surface area (Å²) in [6.07, 6.45) is 0.358. The van der Waals surface area contributed by atoms with Gasteiger partial charge in [0.2, 0.25) is 0 Å². The third-order valence-corrected chi connectivity index (χ3v) is 3.67. The van der Waals surface area contributed by atoms with Gasteiger partial charge in [0.15, 0.2) is 0 Å². The van der Waals surface area contributed by atoms with Crippen LogP contribution in [0.3, 0.4) is 0 Å². The van der Waals surface area contributed by atoms with Gasteiger partial charge in [-0.05, 0) is 36.1 Å². The Hall–Kier alpha value is -2.62. The second kappa shape index (κ2) is 9.02. The van der Waals surface area contributed by atoms with E-state index in [1.54, 1.807) is 18.2 Å². The Morgan fingerprint density at radius 3 is 2.16 bits per heavy atom. The van der Waals surface area contributed by atoms with Crippen molar-refractivity contribution in [2.45, 2.75) is 33.3 Å². The van der Waals surface area contributed by atoms with E-state index < -0.39 is 11.9 Å². The maximum absolute atomic E-state index is 12.5. The Morgan fingerprint density at radius 1 is 0.920 bits per heavy atom. The number of rotatable bonds is 7. The van der Waals surface area contributed by atoms with Gasteiger partial charge in [-0.15, -0.1) is 0 Å². The zero-order valence-electron chi connectivity index (χ0n) is 14.9. The SMILES string of the molecule is CCC(OC(=O)c1cccc(C(=O)OCC(C)C)c1)c1ccccc1. The molecule has 0 aliphatic carbocycles. The van der Waals surface area contributed by atoms with Crippen LogP contribution in [0.15, 0.2) is 54.6 Å². The van der Waals surface area contributed by atoms with Crippen molar-refractivity contribution in [3.05, 3.63) is 71.3 Å². The Kier molecular flexibility index (Phi) is 6.75. The van der Waals surface area contributed by atoms with Crippen molar-refractivity contribution in [2.24, 2.45) is 5.92 Å². The van der Waals surface area contributed by atoms with Gasteiger partial charge in [-0.1, -0.05) is 57.2 Å². The smallest absolute Gasteiger partial charge is 0.338 e. The molecule has 4 nitrogen and oxygen atoms in total. The minimum atomic E-state index is -0.450. The van der Waals surface area contributed by atoms with Crippen molar-refractivity contribution in [3.63, 3.8) is 0 Å². The molecular weight excluding hydrogens is 316 g/mol. The molecule has 0 saturated carbocycles. The van der Waals surface area contributed by atoms with Crippen LogP contribution in [0.5, 0.6) is 0 Å². The molecule has 0 N–H and O–H groups in total. The molecule has 0 spiro atoms. The number of benzene rings is 2. The first kappa shape index (κ1) is 18.7. The molecule has 0 aromatic heterocycles. The summed E-state index contributed by atoms with van der Waals surface area (Å²) in [6.45, 7) is 6.25. The second-order valence-corrected chi connectivity index (χ2v) is 6.29. The summed E-state index contributed by atoms with van der Waals surface area (Å²) in [4.78, 5) is 24.5. The van der Waals surface area contributed by atoms with Crippen molar-refractivity contribution >= 4 is 11.9 Å². The summed E-state index contributed by atoms with van der Waals surface area (Å²) in [7, 11) is 0. The molecule has 0 aliphatic heterocycles. The first-order chi connectivity index (χ1) is 12.0. The van der Waals surface area contributed by atoms with Gasteiger partial charge in [-0.2, -0.15) is 0 Å². The van der Waals surface area contributed by atoms with E-state index >= 15 is 0 Å². The number of ether oxygens (including phenoxy) is 2. The zero-order valence-corrected chi connectivity index (χ0v) is 14.9. The van der Waals surface area contributed by atoms with Crippen molar-refractivity contribution in [1.29, 1.82) is 0 Å². The number of hydrogen-bond donors (Lipinski definition) is 0. The summed E-state index contributed by atoms with van der Waals surface area (Å²) in [6, 6.07) is 16.1. The van der Waals surface area contributed by atoms with E-state index in [0.29, 0.717) is 24.2 Å². The van der Waals surface area contributed by atoms with Gasteiger partial charge in [0.1, 0.15) is 6.10 Å². The molecule has 0 radical (unpaired) electrons. The van der Waals surface area contributed by atoms with Gasteiger partial charge < -0.3 is 9.47 Å². The van der Waals surface area contributed by atoms with Crippen LogP contribution in [0.2, 0.25) is 0 Å². The molecule has 1 atom stereocenters. The molecular formula is C21H24O4. The lowest BCUT2D eigenvalue weighted by Crippen LogP contribution is -2.13. The summed E-state index contributed by atoms with van der Waals surface area (Å²) in [5, 5.41) is 0. The first-order valence-electron chi connectivity index (χ1n) is 8.54. The van der Waals surface area contributed by atoms with Crippen LogP contribution in [0.25, 0.3) is 0 Å². The minimum absolute atomic E-state index is 0.258. The van der Waals surface area contributed by atoms with Crippen LogP contribution in [-0.4, -0.2) is 18.5 Å². The van der Waals surface area contributed by atoms with Crippen LogP contribution >= 0.6 is 0 Å². The van der Waals surface area contributed by atoms with Crippen molar-refractivity contribution in [3.8, 4) is 0 Å². The van der Waals surface area contributed by atoms with Crippen LogP contribution in [0, 0.1) is 5.92 Å². The molecule has 2 aromatic carbocycles. The Bertz CT molecular complexity index is 707. The number of hydrogen-bond acceptors (Lipinski definition) is 4. The third-order valence-electron chi connectivity index (χ3n) is 3.67. The van der Waals surface area contributed by atoms with E-state index in [1.165, 1.54) is 6.07 Å². The van der Waals surface area contributed by atoms with Crippen LogP contribution < -0.4 is 0 Å². The molecule has 0 amide bonds. The number of esters is 2. The highest BCUT2D eigenvalue weighted by Gasteiger charge is 2.18. The van der Waals surface area contributed by atoms with E-state index in [-0.39, 0.29) is 12.0 Å². The van der Waals surface area contributed by atoms with E-state index in [1.807, 2.05) is 51.1 Å². The third kappa shape index (κ3) is 5.45. The highest BCUT2D eigenvalue weighted by molar-refractivity contribution is 5.95. The molecule has 25 heavy (non-hydrogen) atoms. The van der Waals surface area contributed by atoms with E-state index in [0.717, 1.165) is 5.56 Å². The predicted octanol–water partition coefficient (Wildman–Crippen LogP) is 4.81. The van der Waals surface area contributed by atoms with Crippen LogP contribution in [0.1, 0.15) is 59.6 Å². The number of carbonyl (C=O) groups excluding carboxylic acids is 2. The maximum atomic E-state index is 12.5. The Balaban J connectivity index is 2.09. The second-order valence-electron chi connectivity index (χ2n) is 6.29. The Morgan fingerprint density at radius 2 is 1.56 bits per heavy atom. The van der Waals surface area contributed by atoms with Crippen molar-refractivity contribution in [2.75, 3.05) is 6.61 Å². The summed E-state index contributed by atoms with van der Waals surface area (Å²) >= 11 is 0. The zero-order chi connectivity index (χ0) is 18.2. The first-order valence-corrected chi connectivity index (χ1v) is 8.54. The molecule has 1 unspecified atom stereocenters. The molecule has 0 fully saturated rings. The van der Waals surface area contributed by atoms with Crippen molar-refractivity contribution < 1.29 is 19.1 Å². The monoisotopic (exact) mass is 340 g/mol. The largest absolute Gasteiger partial charge is 0.462 e. The molecule has 0 aliphatic rings. The van der Waals surface area contributed by atoms with Gasteiger partial charge in [0.25, 0.3) is 0 Å². The average Bonchev–Trinajstić information content (AvgIpc) is 2.64. The van der Waals surface area contributed by atoms with Crippen LogP contribution in [0.4, 0.5) is 0 Å². The molecule has 132 valence electrons. The quantitative estimate of drug-likeness (QED) is 0.679. The Labute approximate surface area is 148 Å². The normalized spacial score (nSPS) is 11.8. The van der Waals surface area contributed by atoms with E-state index in [4.69, 9.17) is 9.47 Å². The molecule has 0 heterocycles. The van der Waals surface area contributed by atoms with E-state index in [9.17, 15) is 9.59 Å². The van der Waals surface area contributed by atoms with E-state index in [2.05, 4.69) is 0 Å². The fourth-order valence-electron chi connectivity index (χ4n) is 2.35.